The maximum absolute atomic E-state index is 12.6. The first-order valence-electron chi connectivity index (χ1n) is 7.47. The Kier molecular flexibility index (Phi) is 7.88. The molecule has 7 heteroatoms. The van der Waals surface area contributed by atoms with Gasteiger partial charge in [-0.15, -0.1) is 12.4 Å². The van der Waals surface area contributed by atoms with Crippen LogP contribution in [0.2, 0.25) is 0 Å². The monoisotopic (exact) mass is 357 g/mol. The minimum Gasteiger partial charge on any atom is -0.343 e. The molecule has 1 aliphatic rings. The number of thioether (sulfide) groups is 1. The van der Waals surface area contributed by atoms with E-state index in [0.717, 1.165) is 11.4 Å². The number of para-hydroxylation sites is 1. The van der Waals surface area contributed by atoms with E-state index in [1.807, 2.05) is 43.5 Å². The van der Waals surface area contributed by atoms with Gasteiger partial charge in [0, 0.05) is 11.7 Å². The van der Waals surface area contributed by atoms with Crippen LogP contribution in [0.3, 0.4) is 0 Å². The number of amides is 2. The van der Waals surface area contributed by atoms with E-state index in [1.54, 1.807) is 16.7 Å². The molecule has 23 heavy (non-hydrogen) atoms. The lowest BCUT2D eigenvalue weighted by atomic mass is 10.1. The molecule has 1 aromatic rings. The molecule has 0 radical (unpaired) electrons. The van der Waals surface area contributed by atoms with Crippen LogP contribution >= 0.6 is 24.2 Å². The van der Waals surface area contributed by atoms with Crippen molar-refractivity contribution in [3.8, 4) is 0 Å². The Bertz CT molecular complexity index is 529. The summed E-state index contributed by atoms with van der Waals surface area (Å²) in [6, 6.07) is 8.55. The summed E-state index contributed by atoms with van der Waals surface area (Å²) in [6.45, 7) is 1.99. The number of benzene rings is 1. The number of anilines is 1. The minimum absolute atomic E-state index is 0. The smallest absolute Gasteiger partial charge is 0.249 e. The molecule has 5 nitrogen and oxygen atoms in total. The first kappa shape index (κ1) is 19.8. The zero-order chi connectivity index (χ0) is 16.1. The maximum Gasteiger partial charge on any atom is 0.249 e. The molecule has 0 spiro atoms. The van der Waals surface area contributed by atoms with Crippen molar-refractivity contribution in [2.75, 3.05) is 16.9 Å². The molecule has 128 valence electrons. The lowest BCUT2D eigenvalue weighted by Crippen LogP contribution is -2.48. The van der Waals surface area contributed by atoms with E-state index in [9.17, 15) is 9.59 Å². The number of hydrogen-bond acceptors (Lipinski definition) is 4. The molecular weight excluding hydrogens is 334 g/mol. The van der Waals surface area contributed by atoms with Crippen LogP contribution in [-0.4, -0.2) is 41.9 Å². The molecule has 0 saturated carbocycles. The summed E-state index contributed by atoms with van der Waals surface area (Å²) in [6.07, 6.45) is 3.20. The summed E-state index contributed by atoms with van der Waals surface area (Å²) in [4.78, 5) is 26.4. The van der Waals surface area contributed by atoms with Crippen molar-refractivity contribution in [3.05, 3.63) is 30.3 Å². The molecule has 0 aliphatic carbocycles. The second-order valence-electron chi connectivity index (χ2n) is 5.58. The second-order valence-corrected chi connectivity index (χ2v) is 6.56. The Labute approximate surface area is 147 Å². The molecule has 2 amide bonds. The Balaban J connectivity index is 0.00000264. The summed E-state index contributed by atoms with van der Waals surface area (Å²) < 4.78 is 0. The predicted octanol–water partition coefficient (Wildman–Crippen LogP) is 1.80. The number of hydrogen-bond donors (Lipinski definition) is 2. The molecule has 1 saturated heterocycles. The average molecular weight is 358 g/mol. The number of carbonyl (C=O) groups is 2. The van der Waals surface area contributed by atoms with E-state index in [2.05, 4.69) is 5.32 Å². The number of nitrogens with one attached hydrogen (secondary N) is 1. The van der Waals surface area contributed by atoms with Crippen LogP contribution in [0.15, 0.2) is 30.3 Å². The highest BCUT2D eigenvalue weighted by Gasteiger charge is 2.39. The fourth-order valence-corrected chi connectivity index (χ4v) is 3.17. The Morgan fingerprint density at radius 1 is 1.43 bits per heavy atom. The predicted molar refractivity (Wildman–Crippen MR) is 98.2 cm³/mol. The molecule has 1 aliphatic heterocycles. The summed E-state index contributed by atoms with van der Waals surface area (Å²) in [5, 5.41) is 2.80. The van der Waals surface area contributed by atoms with Crippen LogP contribution in [0.4, 0.5) is 5.69 Å². The third kappa shape index (κ3) is 4.86. The highest BCUT2D eigenvalue weighted by Crippen LogP contribution is 2.26. The highest BCUT2D eigenvalue weighted by atomic mass is 35.5. The van der Waals surface area contributed by atoms with Crippen LogP contribution in [0.5, 0.6) is 0 Å². The van der Waals surface area contributed by atoms with Gasteiger partial charge in [0.15, 0.2) is 0 Å². The lowest BCUT2D eigenvalue weighted by molar-refractivity contribution is -0.127. The van der Waals surface area contributed by atoms with E-state index in [0.29, 0.717) is 12.8 Å². The first-order chi connectivity index (χ1) is 10.5. The summed E-state index contributed by atoms with van der Waals surface area (Å²) in [5.41, 5.74) is 6.72. The van der Waals surface area contributed by atoms with Gasteiger partial charge >= 0.3 is 0 Å². The third-order valence-electron chi connectivity index (χ3n) is 3.87. The van der Waals surface area contributed by atoms with Crippen LogP contribution in [0.25, 0.3) is 0 Å². The van der Waals surface area contributed by atoms with E-state index in [4.69, 9.17) is 5.73 Å². The van der Waals surface area contributed by atoms with Gasteiger partial charge in [-0.2, -0.15) is 11.8 Å². The van der Waals surface area contributed by atoms with Gasteiger partial charge < -0.3 is 16.0 Å². The summed E-state index contributed by atoms with van der Waals surface area (Å²) >= 11 is 1.65. The van der Waals surface area contributed by atoms with Crippen LogP contribution in [-0.2, 0) is 9.59 Å². The topological polar surface area (TPSA) is 75.4 Å². The van der Waals surface area contributed by atoms with Gasteiger partial charge in [0.05, 0.1) is 6.04 Å². The number of rotatable bonds is 6. The van der Waals surface area contributed by atoms with Crippen molar-refractivity contribution in [1.29, 1.82) is 0 Å². The molecule has 3 atom stereocenters. The van der Waals surface area contributed by atoms with Gasteiger partial charge in [-0.1, -0.05) is 18.2 Å². The van der Waals surface area contributed by atoms with Gasteiger partial charge in [0.25, 0.3) is 0 Å². The van der Waals surface area contributed by atoms with Gasteiger partial charge in [0.1, 0.15) is 6.04 Å². The zero-order valence-electron chi connectivity index (χ0n) is 13.4. The molecule has 1 fully saturated rings. The summed E-state index contributed by atoms with van der Waals surface area (Å²) in [5.74, 6) is 0.526. The molecular formula is C16H24ClN3O2S. The Morgan fingerprint density at radius 3 is 2.70 bits per heavy atom. The summed E-state index contributed by atoms with van der Waals surface area (Å²) in [7, 11) is 0. The zero-order valence-corrected chi connectivity index (χ0v) is 15.0. The van der Waals surface area contributed by atoms with Crippen LogP contribution in [0.1, 0.15) is 19.8 Å². The van der Waals surface area contributed by atoms with Crippen molar-refractivity contribution < 1.29 is 9.59 Å². The highest BCUT2D eigenvalue weighted by molar-refractivity contribution is 7.98. The SMILES string of the molecule is CSCC[C@H](N)C(=O)NC1CC(C)N(c2ccccc2)C1=O.Cl. The average Bonchev–Trinajstić information content (AvgIpc) is 2.79. The minimum atomic E-state index is -0.554. The van der Waals surface area contributed by atoms with Crippen molar-refractivity contribution >= 4 is 41.7 Å². The van der Waals surface area contributed by atoms with Gasteiger partial charge in [-0.25, -0.2) is 0 Å². The van der Waals surface area contributed by atoms with E-state index in [-0.39, 0.29) is 30.3 Å². The quantitative estimate of drug-likeness (QED) is 0.814. The third-order valence-corrected chi connectivity index (χ3v) is 4.52. The first-order valence-corrected chi connectivity index (χ1v) is 8.87. The Hall–Kier alpha value is -1.24. The number of nitrogens with zero attached hydrogens (tertiary/aromatic N) is 1. The molecule has 2 unspecified atom stereocenters. The lowest BCUT2D eigenvalue weighted by Gasteiger charge is -2.21. The number of halogens is 1. The molecule has 1 heterocycles. The van der Waals surface area contributed by atoms with Gasteiger partial charge in [0.2, 0.25) is 11.8 Å². The van der Waals surface area contributed by atoms with Gasteiger partial charge in [-0.3, -0.25) is 9.59 Å². The van der Waals surface area contributed by atoms with E-state index in [1.165, 1.54) is 0 Å². The fraction of sp³-hybridized carbons (Fsp3) is 0.500. The molecule has 0 aromatic heterocycles. The van der Waals surface area contributed by atoms with Crippen molar-refractivity contribution in [2.24, 2.45) is 5.73 Å². The standard InChI is InChI=1S/C16H23N3O2S.ClH/c1-11-10-14(18-15(20)13(17)8-9-22-2)16(21)19(11)12-6-4-3-5-7-12;/h3-7,11,13-14H,8-10,17H2,1-2H3,(H,18,20);1H/t11?,13-,14?;/m0./s1. The van der Waals surface area contributed by atoms with Crippen molar-refractivity contribution in [3.63, 3.8) is 0 Å². The fourth-order valence-electron chi connectivity index (χ4n) is 2.68. The van der Waals surface area contributed by atoms with E-state index >= 15 is 0 Å². The van der Waals surface area contributed by atoms with Crippen LogP contribution in [0, 0.1) is 0 Å². The van der Waals surface area contributed by atoms with Crippen molar-refractivity contribution in [2.45, 2.75) is 37.9 Å². The van der Waals surface area contributed by atoms with Gasteiger partial charge in [-0.05, 0) is 43.9 Å². The maximum atomic E-state index is 12.6. The number of nitrogens with two attached hydrogens (primary N) is 1. The normalized spacial score (nSPS) is 21.7. The largest absolute Gasteiger partial charge is 0.343 e. The Morgan fingerprint density at radius 2 is 2.09 bits per heavy atom. The van der Waals surface area contributed by atoms with E-state index < -0.39 is 12.1 Å². The number of carbonyl (C=O) groups excluding carboxylic acids is 2. The molecule has 1 aromatic carbocycles. The van der Waals surface area contributed by atoms with Crippen LogP contribution < -0.4 is 16.0 Å². The molecule has 3 N–H and O–H groups in total. The molecule has 0 bridgehead atoms. The molecule has 2 rings (SSSR count). The van der Waals surface area contributed by atoms with Crippen molar-refractivity contribution in [1.82, 2.24) is 5.32 Å². The second kappa shape index (κ2) is 9.15.